The van der Waals surface area contributed by atoms with E-state index >= 15 is 0 Å². The lowest BCUT2D eigenvalue weighted by atomic mass is 9.86. The lowest BCUT2D eigenvalue weighted by molar-refractivity contribution is 0.0960. The van der Waals surface area contributed by atoms with E-state index in [0.717, 1.165) is 10.4 Å². The van der Waals surface area contributed by atoms with Gasteiger partial charge in [0.05, 0.1) is 5.66 Å². The highest BCUT2D eigenvalue weighted by Crippen LogP contribution is 2.30. The predicted octanol–water partition coefficient (Wildman–Crippen LogP) is 4.35. The first-order chi connectivity index (χ1) is 9.41. The zero-order chi connectivity index (χ0) is 14.8. The molecule has 1 aliphatic rings. The Morgan fingerprint density at radius 3 is 2.15 bits per heavy atom. The quantitative estimate of drug-likeness (QED) is 0.821. The van der Waals surface area contributed by atoms with Gasteiger partial charge in [-0.15, -0.1) is 0 Å². The van der Waals surface area contributed by atoms with E-state index in [2.05, 4.69) is 78.4 Å². The third kappa shape index (κ3) is 3.63. The first-order valence-corrected chi connectivity index (χ1v) is 8.42. The minimum Gasteiger partial charge on any atom is -0.293 e. The molecule has 0 saturated heterocycles. The summed E-state index contributed by atoms with van der Waals surface area (Å²) in [5.74, 6) is 0.895. The largest absolute Gasteiger partial charge is 0.293 e. The molecule has 0 amide bonds. The van der Waals surface area contributed by atoms with Crippen molar-refractivity contribution in [1.29, 1.82) is 0 Å². The van der Waals surface area contributed by atoms with E-state index in [-0.39, 0.29) is 5.66 Å². The van der Waals surface area contributed by atoms with Crippen molar-refractivity contribution >= 4 is 15.9 Å². The zero-order valence-electron chi connectivity index (χ0n) is 13.1. The average molecular weight is 339 g/mol. The van der Waals surface area contributed by atoms with Crippen LogP contribution >= 0.6 is 15.9 Å². The predicted molar refractivity (Wildman–Crippen MR) is 89.7 cm³/mol. The molecule has 0 aliphatic heterocycles. The molecule has 112 valence electrons. The Bertz CT molecular complexity index is 421. The van der Waals surface area contributed by atoms with Gasteiger partial charge in [-0.3, -0.25) is 10.2 Å². The fraction of sp³-hybridized carbons (Fsp3) is 0.647. The third-order valence-corrected chi connectivity index (χ3v) is 5.33. The summed E-state index contributed by atoms with van der Waals surface area (Å²) in [6.07, 6.45) is 5.28. The highest BCUT2D eigenvalue weighted by Gasteiger charge is 2.32. The average Bonchev–Trinajstić information content (AvgIpc) is 2.42. The summed E-state index contributed by atoms with van der Waals surface area (Å²) >= 11 is 3.52. The molecule has 2 rings (SSSR count). The van der Waals surface area contributed by atoms with E-state index < -0.39 is 0 Å². The summed E-state index contributed by atoms with van der Waals surface area (Å²) in [5, 5.41) is 3.90. The number of benzene rings is 1. The first kappa shape index (κ1) is 16.0. The van der Waals surface area contributed by atoms with Crippen LogP contribution in [0.5, 0.6) is 0 Å². The molecule has 3 heteroatoms. The lowest BCUT2D eigenvalue weighted by Gasteiger charge is -2.42. The smallest absolute Gasteiger partial charge is 0.0943 e. The molecule has 1 N–H and O–H groups in total. The topological polar surface area (TPSA) is 15.3 Å². The minimum absolute atomic E-state index is 0.105. The molecule has 0 radical (unpaired) electrons. The molecule has 0 bridgehead atoms. The Balaban J connectivity index is 2.15. The van der Waals surface area contributed by atoms with Crippen LogP contribution in [0, 0.1) is 5.92 Å². The molecule has 1 aliphatic carbocycles. The molecular weight excluding hydrogens is 312 g/mol. The normalized spacial score (nSPS) is 26.5. The van der Waals surface area contributed by atoms with Crippen LogP contribution in [0.25, 0.3) is 0 Å². The lowest BCUT2D eigenvalue weighted by Crippen LogP contribution is -2.55. The van der Waals surface area contributed by atoms with E-state index in [4.69, 9.17) is 0 Å². The van der Waals surface area contributed by atoms with Gasteiger partial charge in [0, 0.05) is 10.5 Å². The van der Waals surface area contributed by atoms with Crippen LogP contribution in [0.15, 0.2) is 28.7 Å². The van der Waals surface area contributed by atoms with Crippen molar-refractivity contribution in [3.05, 3.63) is 34.3 Å². The summed E-state index contributed by atoms with van der Waals surface area (Å²) < 4.78 is 1.13. The van der Waals surface area contributed by atoms with Gasteiger partial charge in [0.2, 0.25) is 0 Å². The summed E-state index contributed by atoms with van der Waals surface area (Å²) in [6, 6.07) is 9.30. The van der Waals surface area contributed by atoms with Crippen molar-refractivity contribution in [2.75, 3.05) is 14.1 Å². The van der Waals surface area contributed by atoms with Crippen LogP contribution in [0.4, 0.5) is 0 Å². The van der Waals surface area contributed by atoms with Crippen LogP contribution in [0.3, 0.4) is 0 Å². The van der Waals surface area contributed by atoms with E-state index in [9.17, 15) is 0 Å². The molecule has 0 heterocycles. The molecule has 20 heavy (non-hydrogen) atoms. The molecule has 1 fully saturated rings. The Morgan fingerprint density at radius 2 is 1.65 bits per heavy atom. The van der Waals surface area contributed by atoms with Gasteiger partial charge in [0.1, 0.15) is 0 Å². The molecule has 1 aromatic carbocycles. The molecule has 1 aromatic rings. The number of rotatable bonds is 4. The summed E-state index contributed by atoms with van der Waals surface area (Å²) in [7, 11) is 4.31. The molecule has 2 nitrogen and oxygen atoms in total. The number of hydrogen-bond acceptors (Lipinski definition) is 2. The van der Waals surface area contributed by atoms with Crippen LogP contribution in [-0.4, -0.2) is 25.0 Å². The Labute approximate surface area is 132 Å². The standard InChI is InChI=1S/C17H27BrN2/c1-13-5-11-16(12-6-13)19-17(2,20(3)4)14-7-9-15(18)10-8-14/h7-10,13,16,19H,5-6,11-12H2,1-4H3. The minimum atomic E-state index is -0.105. The van der Waals surface area contributed by atoms with E-state index in [1.54, 1.807) is 0 Å². The third-order valence-electron chi connectivity index (χ3n) is 4.80. The maximum absolute atomic E-state index is 3.90. The number of nitrogens with one attached hydrogen (secondary N) is 1. The fourth-order valence-electron chi connectivity index (χ4n) is 3.05. The van der Waals surface area contributed by atoms with Crippen LogP contribution in [0.2, 0.25) is 0 Å². The van der Waals surface area contributed by atoms with E-state index in [1.165, 1.54) is 31.2 Å². The van der Waals surface area contributed by atoms with Crippen molar-refractivity contribution in [3.8, 4) is 0 Å². The molecule has 1 saturated carbocycles. The van der Waals surface area contributed by atoms with Crippen LogP contribution in [-0.2, 0) is 5.66 Å². The molecule has 1 atom stereocenters. The van der Waals surface area contributed by atoms with Gasteiger partial charge in [0.15, 0.2) is 0 Å². The van der Waals surface area contributed by atoms with Gasteiger partial charge >= 0.3 is 0 Å². The van der Waals surface area contributed by atoms with Crippen LogP contribution < -0.4 is 5.32 Å². The number of halogens is 1. The van der Waals surface area contributed by atoms with Crippen molar-refractivity contribution in [2.24, 2.45) is 5.92 Å². The molecule has 1 unspecified atom stereocenters. The van der Waals surface area contributed by atoms with E-state index in [0.29, 0.717) is 6.04 Å². The Hall–Kier alpha value is -0.380. The monoisotopic (exact) mass is 338 g/mol. The van der Waals surface area contributed by atoms with Gasteiger partial charge in [-0.2, -0.15) is 0 Å². The van der Waals surface area contributed by atoms with Gasteiger partial charge in [0.25, 0.3) is 0 Å². The second-order valence-electron chi connectivity index (χ2n) is 6.57. The summed E-state index contributed by atoms with van der Waals surface area (Å²) in [5.41, 5.74) is 1.22. The van der Waals surface area contributed by atoms with Gasteiger partial charge in [-0.25, -0.2) is 0 Å². The fourth-order valence-corrected chi connectivity index (χ4v) is 3.31. The van der Waals surface area contributed by atoms with Crippen LogP contribution in [0.1, 0.15) is 45.1 Å². The summed E-state index contributed by atoms with van der Waals surface area (Å²) in [6.45, 7) is 4.66. The van der Waals surface area contributed by atoms with Gasteiger partial charge in [-0.1, -0.05) is 35.0 Å². The van der Waals surface area contributed by atoms with Crippen molar-refractivity contribution < 1.29 is 0 Å². The highest BCUT2D eigenvalue weighted by molar-refractivity contribution is 9.10. The second-order valence-corrected chi connectivity index (χ2v) is 7.49. The zero-order valence-corrected chi connectivity index (χ0v) is 14.7. The SMILES string of the molecule is CC1CCC(NC(C)(c2ccc(Br)cc2)N(C)C)CC1. The highest BCUT2D eigenvalue weighted by atomic mass is 79.9. The maximum Gasteiger partial charge on any atom is 0.0943 e. The Kier molecular flexibility index (Phi) is 5.27. The second kappa shape index (κ2) is 6.59. The van der Waals surface area contributed by atoms with Gasteiger partial charge < -0.3 is 0 Å². The molecule has 0 aromatic heterocycles. The van der Waals surface area contributed by atoms with Crippen molar-refractivity contribution in [3.63, 3.8) is 0 Å². The van der Waals surface area contributed by atoms with Crippen molar-refractivity contribution in [1.82, 2.24) is 10.2 Å². The number of hydrogen-bond donors (Lipinski definition) is 1. The Morgan fingerprint density at radius 1 is 1.10 bits per heavy atom. The first-order valence-electron chi connectivity index (χ1n) is 7.63. The summed E-state index contributed by atoms with van der Waals surface area (Å²) in [4.78, 5) is 2.29. The van der Waals surface area contributed by atoms with Gasteiger partial charge in [-0.05, 0) is 70.3 Å². The number of nitrogens with zero attached hydrogens (tertiary/aromatic N) is 1. The molecular formula is C17H27BrN2. The molecule has 0 spiro atoms. The maximum atomic E-state index is 3.90. The van der Waals surface area contributed by atoms with E-state index in [1.807, 2.05) is 0 Å². The van der Waals surface area contributed by atoms with Crippen molar-refractivity contribution in [2.45, 2.75) is 51.2 Å².